The van der Waals surface area contributed by atoms with Gasteiger partial charge in [-0.3, -0.25) is 14.3 Å². The minimum Gasteiger partial charge on any atom is -0.378 e. The quantitative estimate of drug-likeness (QED) is 0.225. The monoisotopic (exact) mass is 457 g/mol. The number of benzene rings is 2. The number of hydrazone groups is 1. The number of carbonyl (C=O) groups is 1. The number of rotatable bonds is 9. The van der Waals surface area contributed by atoms with Gasteiger partial charge in [-0.25, -0.2) is 5.43 Å². The smallest absolute Gasteiger partial charge is 0.253 e. The van der Waals surface area contributed by atoms with E-state index in [4.69, 9.17) is 0 Å². The number of anilines is 1. The summed E-state index contributed by atoms with van der Waals surface area (Å²) in [6.45, 7) is 2.30. The molecule has 0 radical (unpaired) electrons. The van der Waals surface area contributed by atoms with Gasteiger partial charge in [0.25, 0.3) is 5.91 Å². The van der Waals surface area contributed by atoms with Gasteiger partial charge in [0.1, 0.15) is 0 Å². The van der Waals surface area contributed by atoms with Crippen molar-refractivity contribution in [2.24, 2.45) is 5.10 Å². The number of amides is 1. The second-order valence-corrected chi connectivity index (χ2v) is 8.37. The van der Waals surface area contributed by atoms with Crippen LogP contribution in [0.4, 0.5) is 5.69 Å². The van der Waals surface area contributed by atoms with Gasteiger partial charge in [-0.05, 0) is 48.9 Å². The Balaban J connectivity index is 1.47. The van der Waals surface area contributed by atoms with Crippen molar-refractivity contribution in [2.45, 2.75) is 23.9 Å². The maximum Gasteiger partial charge on any atom is 0.253 e. The third-order valence-electron chi connectivity index (χ3n) is 4.69. The molecule has 2 aromatic heterocycles. The van der Waals surface area contributed by atoms with E-state index >= 15 is 0 Å². The average Bonchev–Trinajstić information content (AvgIpc) is 3.26. The van der Waals surface area contributed by atoms with Gasteiger partial charge in [-0.15, -0.1) is 10.2 Å². The third-order valence-corrected chi connectivity index (χ3v) is 5.73. The lowest BCUT2D eigenvalue weighted by molar-refractivity contribution is -0.120. The van der Waals surface area contributed by atoms with Crippen molar-refractivity contribution in [3.63, 3.8) is 0 Å². The van der Waals surface area contributed by atoms with Gasteiger partial charge in [-0.2, -0.15) is 5.10 Å². The molecule has 0 spiro atoms. The number of carbonyl (C=O) groups excluding carboxylic acids is 1. The number of pyridine rings is 1. The van der Waals surface area contributed by atoms with Gasteiger partial charge in [0.05, 0.1) is 18.0 Å². The normalized spacial score (nSPS) is 11.9. The van der Waals surface area contributed by atoms with E-state index in [1.54, 1.807) is 30.7 Å². The summed E-state index contributed by atoms with van der Waals surface area (Å²) >= 11 is 1.33. The fourth-order valence-electron chi connectivity index (χ4n) is 2.99. The lowest BCUT2D eigenvalue weighted by Gasteiger charge is -2.13. The Labute approximate surface area is 196 Å². The highest BCUT2D eigenvalue weighted by molar-refractivity contribution is 8.00. The van der Waals surface area contributed by atoms with Crippen molar-refractivity contribution < 1.29 is 4.79 Å². The fourth-order valence-corrected chi connectivity index (χ4v) is 3.87. The summed E-state index contributed by atoms with van der Waals surface area (Å²) in [5.74, 6) is 0.521. The van der Waals surface area contributed by atoms with Crippen LogP contribution in [0.15, 0.2) is 95.4 Å². The van der Waals surface area contributed by atoms with Crippen LogP contribution in [0.1, 0.15) is 18.3 Å². The van der Waals surface area contributed by atoms with E-state index in [-0.39, 0.29) is 5.91 Å². The molecule has 0 saturated heterocycles. The van der Waals surface area contributed by atoms with E-state index in [1.165, 1.54) is 11.8 Å². The molecule has 4 rings (SSSR count). The van der Waals surface area contributed by atoms with Gasteiger partial charge < -0.3 is 5.32 Å². The lowest BCUT2D eigenvalue weighted by Crippen LogP contribution is -2.27. The molecule has 33 heavy (non-hydrogen) atoms. The Morgan fingerprint density at radius 2 is 1.73 bits per heavy atom. The molecule has 9 heteroatoms. The van der Waals surface area contributed by atoms with Gasteiger partial charge in [-0.1, -0.05) is 48.2 Å². The van der Waals surface area contributed by atoms with Crippen LogP contribution in [0.5, 0.6) is 0 Å². The van der Waals surface area contributed by atoms with E-state index in [0.29, 0.717) is 11.7 Å². The number of aromatic nitrogens is 4. The summed E-state index contributed by atoms with van der Waals surface area (Å²) in [7, 11) is 0. The molecule has 2 aromatic carbocycles. The van der Waals surface area contributed by atoms with Crippen LogP contribution in [-0.2, 0) is 11.3 Å². The zero-order valence-corrected chi connectivity index (χ0v) is 18.8. The zero-order valence-electron chi connectivity index (χ0n) is 18.0. The van der Waals surface area contributed by atoms with Gasteiger partial charge >= 0.3 is 0 Å². The Morgan fingerprint density at radius 3 is 2.45 bits per heavy atom. The third kappa shape index (κ3) is 6.05. The molecule has 4 aromatic rings. The molecule has 166 valence electrons. The molecule has 0 bridgehead atoms. The molecule has 0 aliphatic heterocycles. The average molecular weight is 458 g/mol. The van der Waals surface area contributed by atoms with Crippen LogP contribution < -0.4 is 10.7 Å². The fraction of sp³-hybridized carbons (Fsp3) is 0.125. The summed E-state index contributed by atoms with van der Waals surface area (Å²) in [5, 5.41) is 16.4. The van der Waals surface area contributed by atoms with Crippen LogP contribution in [0.25, 0.3) is 5.69 Å². The number of thioether (sulfide) groups is 1. The van der Waals surface area contributed by atoms with Crippen molar-refractivity contribution >= 4 is 29.6 Å². The van der Waals surface area contributed by atoms with Crippen molar-refractivity contribution in [3.8, 4) is 5.69 Å². The van der Waals surface area contributed by atoms with E-state index in [1.807, 2.05) is 72.2 Å². The van der Waals surface area contributed by atoms with Crippen molar-refractivity contribution in [2.75, 3.05) is 5.32 Å². The summed E-state index contributed by atoms with van der Waals surface area (Å²) < 4.78 is 1.96. The minimum absolute atomic E-state index is 0.225. The first-order valence-electron chi connectivity index (χ1n) is 10.4. The lowest BCUT2D eigenvalue weighted by atomic mass is 10.3. The van der Waals surface area contributed by atoms with E-state index in [9.17, 15) is 4.79 Å². The second kappa shape index (κ2) is 11.1. The summed E-state index contributed by atoms with van der Waals surface area (Å²) in [6, 6.07) is 23.4. The molecule has 1 amide bonds. The highest BCUT2D eigenvalue weighted by Gasteiger charge is 2.21. The number of hydrogen-bond acceptors (Lipinski definition) is 7. The van der Waals surface area contributed by atoms with Gasteiger partial charge in [0.15, 0.2) is 11.0 Å². The van der Waals surface area contributed by atoms with E-state index < -0.39 is 5.25 Å². The molecule has 1 atom stereocenters. The Morgan fingerprint density at radius 1 is 1.03 bits per heavy atom. The van der Waals surface area contributed by atoms with Crippen LogP contribution in [0.3, 0.4) is 0 Å². The van der Waals surface area contributed by atoms with Crippen LogP contribution >= 0.6 is 11.8 Å². The highest BCUT2D eigenvalue weighted by Crippen LogP contribution is 2.26. The number of nitrogens with one attached hydrogen (secondary N) is 2. The maximum absolute atomic E-state index is 12.6. The number of para-hydroxylation sites is 2. The molecular formula is C24H23N7OS. The minimum atomic E-state index is -0.429. The molecule has 8 nitrogen and oxygen atoms in total. The summed E-state index contributed by atoms with van der Waals surface area (Å²) in [4.78, 5) is 16.5. The first-order chi connectivity index (χ1) is 16.2. The van der Waals surface area contributed by atoms with Crippen molar-refractivity contribution in [1.29, 1.82) is 0 Å². The van der Waals surface area contributed by atoms with Crippen LogP contribution in [-0.4, -0.2) is 37.1 Å². The predicted molar refractivity (Wildman–Crippen MR) is 130 cm³/mol. The van der Waals surface area contributed by atoms with Gasteiger partial charge in [0.2, 0.25) is 0 Å². The Bertz CT molecular complexity index is 1200. The molecule has 0 aliphatic carbocycles. The SMILES string of the molecule is CC(Sc1nnc(CNc2ccccc2)n1-c1ccccc1)C(=O)NN=Cc1ccncc1. The summed E-state index contributed by atoms with van der Waals surface area (Å²) in [5.41, 5.74) is 5.36. The molecule has 2 heterocycles. The van der Waals surface area contributed by atoms with Crippen LogP contribution in [0.2, 0.25) is 0 Å². The van der Waals surface area contributed by atoms with E-state index in [2.05, 4.69) is 31.0 Å². The summed E-state index contributed by atoms with van der Waals surface area (Å²) in [6.07, 6.45) is 4.92. The topological polar surface area (TPSA) is 97.1 Å². The molecule has 2 N–H and O–H groups in total. The Hall–Kier alpha value is -3.98. The predicted octanol–water partition coefficient (Wildman–Crippen LogP) is 3.91. The molecule has 0 aliphatic rings. The molecular weight excluding hydrogens is 434 g/mol. The second-order valence-electron chi connectivity index (χ2n) is 7.06. The first-order valence-corrected chi connectivity index (χ1v) is 11.3. The highest BCUT2D eigenvalue weighted by atomic mass is 32.2. The maximum atomic E-state index is 12.6. The van der Waals surface area contributed by atoms with Crippen molar-refractivity contribution in [1.82, 2.24) is 25.2 Å². The van der Waals surface area contributed by atoms with E-state index in [0.717, 1.165) is 22.8 Å². The largest absolute Gasteiger partial charge is 0.378 e. The Kier molecular flexibility index (Phi) is 7.44. The standard InChI is InChI=1S/C24H23N7OS/c1-18(23(32)29-27-16-19-12-14-25-15-13-19)33-24-30-28-22(17-26-20-8-4-2-5-9-20)31(24)21-10-6-3-7-11-21/h2-16,18,26H,17H2,1H3,(H,29,32). The van der Waals surface area contributed by atoms with Gasteiger partial charge in [0, 0.05) is 23.8 Å². The molecule has 0 saturated carbocycles. The van der Waals surface area contributed by atoms with Crippen molar-refractivity contribution in [3.05, 3.63) is 96.6 Å². The zero-order chi connectivity index (χ0) is 22.9. The first kappa shape index (κ1) is 22.2. The number of hydrogen-bond donors (Lipinski definition) is 2. The molecule has 1 unspecified atom stereocenters. The molecule has 0 fully saturated rings. The number of nitrogens with zero attached hydrogens (tertiary/aromatic N) is 5. The van der Waals surface area contributed by atoms with Crippen LogP contribution in [0, 0.1) is 0 Å².